The number of halogens is 2. The fourth-order valence-electron chi connectivity index (χ4n) is 1.48. The molecule has 1 N–H and O–H groups in total. The molecule has 0 bridgehead atoms. The van der Waals surface area contributed by atoms with Crippen LogP contribution in [-0.4, -0.2) is 24.3 Å². The Labute approximate surface area is 158 Å². The van der Waals surface area contributed by atoms with Crippen molar-refractivity contribution in [2.75, 3.05) is 6.61 Å². The first kappa shape index (κ1) is 22.1. The van der Waals surface area contributed by atoms with Crippen LogP contribution in [0.5, 0.6) is 11.5 Å². The van der Waals surface area contributed by atoms with Crippen LogP contribution in [-0.2, 0) is 0 Å². The molecule has 0 aliphatic rings. The lowest BCUT2D eigenvalue weighted by Crippen LogP contribution is -1.93. The average Bonchev–Trinajstić information content (AvgIpc) is 2.57. The zero-order chi connectivity index (χ0) is 17.2. The van der Waals surface area contributed by atoms with Crippen LogP contribution < -0.4 is 4.74 Å². The Morgan fingerprint density at radius 1 is 1.00 bits per heavy atom. The molecule has 0 aromatic heterocycles. The van der Waals surface area contributed by atoms with Gasteiger partial charge in [0, 0.05) is 20.1 Å². The topological polar surface area (TPSA) is 63.6 Å². The largest absolute Gasteiger partial charge is 0.508 e. The van der Waals surface area contributed by atoms with E-state index in [0.29, 0.717) is 34.2 Å². The van der Waals surface area contributed by atoms with E-state index in [1.807, 2.05) is 0 Å². The first-order valence-electron chi connectivity index (χ1n) is 6.44. The number of phenols is 1. The van der Waals surface area contributed by atoms with Crippen molar-refractivity contribution >= 4 is 44.4 Å². The average molecular weight is 458 g/mol. The number of hydrogen-bond donors (Lipinski definition) is 1. The number of rotatable bonds is 5. The number of aromatic hydroxyl groups is 1. The standard InChI is InChI=1S/C10H9BrO2.C7H5BrO2.CH4/c1-2-5-13-9-3-4-10(11)8(6-9)7-12;8-7-2-1-6(10)3-5(7)4-9;/h2-4,6-7H,1,5H2;1-4,10H;1H4. The van der Waals surface area contributed by atoms with E-state index < -0.39 is 0 Å². The molecule has 0 fully saturated rings. The molecule has 0 heterocycles. The molecule has 6 heteroatoms. The highest BCUT2D eigenvalue weighted by atomic mass is 79.9. The van der Waals surface area contributed by atoms with E-state index >= 15 is 0 Å². The van der Waals surface area contributed by atoms with Gasteiger partial charge in [0.1, 0.15) is 18.1 Å². The summed E-state index contributed by atoms with van der Waals surface area (Å²) in [6.45, 7) is 3.98. The molecule has 0 amide bonds. The predicted octanol–water partition coefficient (Wildman–Crippen LogP) is 5.43. The van der Waals surface area contributed by atoms with Gasteiger partial charge in [0.15, 0.2) is 12.6 Å². The predicted molar refractivity (Wildman–Crippen MR) is 103 cm³/mol. The minimum atomic E-state index is 0. The molecule has 0 aliphatic heterocycles. The van der Waals surface area contributed by atoms with Gasteiger partial charge in [0.2, 0.25) is 0 Å². The van der Waals surface area contributed by atoms with Gasteiger partial charge in [0.05, 0.1) is 0 Å². The van der Waals surface area contributed by atoms with Crippen LogP contribution in [0.3, 0.4) is 0 Å². The minimum Gasteiger partial charge on any atom is -0.508 e. The van der Waals surface area contributed by atoms with Crippen LogP contribution in [0, 0.1) is 0 Å². The van der Waals surface area contributed by atoms with Crippen molar-refractivity contribution in [2.45, 2.75) is 7.43 Å². The lowest BCUT2D eigenvalue weighted by molar-refractivity contribution is 0.111. The molecule has 0 spiro atoms. The Morgan fingerprint density at radius 3 is 2.04 bits per heavy atom. The molecule has 0 radical (unpaired) electrons. The summed E-state index contributed by atoms with van der Waals surface area (Å²) >= 11 is 6.40. The molecule has 0 unspecified atom stereocenters. The van der Waals surface area contributed by atoms with E-state index in [1.54, 1.807) is 30.3 Å². The SMILES string of the molecule is C.C=CCOc1ccc(Br)c(C=O)c1.O=Cc1cc(O)ccc1Br. The van der Waals surface area contributed by atoms with Crippen LogP contribution in [0.25, 0.3) is 0 Å². The second-order valence-corrected chi connectivity index (χ2v) is 5.93. The Kier molecular flexibility index (Phi) is 10.7. The molecule has 0 atom stereocenters. The number of hydrogen-bond acceptors (Lipinski definition) is 4. The van der Waals surface area contributed by atoms with Gasteiger partial charge in [-0.15, -0.1) is 0 Å². The molecule has 128 valence electrons. The van der Waals surface area contributed by atoms with Gasteiger partial charge in [0.25, 0.3) is 0 Å². The first-order chi connectivity index (χ1) is 11.0. The molecular weight excluding hydrogens is 440 g/mol. The monoisotopic (exact) mass is 456 g/mol. The van der Waals surface area contributed by atoms with Crippen molar-refractivity contribution in [3.05, 3.63) is 69.1 Å². The van der Waals surface area contributed by atoms with Crippen LogP contribution in [0.1, 0.15) is 28.1 Å². The van der Waals surface area contributed by atoms with Crippen molar-refractivity contribution in [1.29, 1.82) is 0 Å². The van der Waals surface area contributed by atoms with E-state index in [9.17, 15) is 9.59 Å². The van der Waals surface area contributed by atoms with Gasteiger partial charge in [-0.25, -0.2) is 0 Å². The van der Waals surface area contributed by atoms with Gasteiger partial charge >= 0.3 is 0 Å². The van der Waals surface area contributed by atoms with Gasteiger partial charge in [-0.05, 0) is 36.4 Å². The maximum atomic E-state index is 10.5. The van der Waals surface area contributed by atoms with E-state index in [-0.39, 0.29) is 13.2 Å². The Hall–Kier alpha value is -1.92. The second-order valence-electron chi connectivity index (χ2n) is 4.22. The van der Waals surface area contributed by atoms with Gasteiger partial charge in [-0.3, -0.25) is 9.59 Å². The summed E-state index contributed by atoms with van der Waals surface area (Å²) in [7, 11) is 0. The Morgan fingerprint density at radius 2 is 1.54 bits per heavy atom. The van der Waals surface area contributed by atoms with Crippen molar-refractivity contribution in [3.8, 4) is 11.5 Å². The smallest absolute Gasteiger partial charge is 0.151 e. The summed E-state index contributed by atoms with van der Waals surface area (Å²) in [6.07, 6.45) is 3.12. The first-order valence-corrected chi connectivity index (χ1v) is 8.02. The number of benzene rings is 2. The third-order valence-corrected chi connectivity index (χ3v) is 4.01. The fourth-order valence-corrected chi connectivity index (χ4v) is 2.16. The summed E-state index contributed by atoms with van der Waals surface area (Å²) in [5.41, 5.74) is 1.04. The van der Waals surface area contributed by atoms with Gasteiger partial charge < -0.3 is 9.84 Å². The number of ether oxygens (including phenoxy) is 1. The number of carbonyl (C=O) groups is 2. The zero-order valence-electron chi connectivity index (χ0n) is 12.0. The number of aldehydes is 2. The van der Waals surface area contributed by atoms with Crippen molar-refractivity contribution in [2.24, 2.45) is 0 Å². The molecule has 0 saturated heterocycles. The molecule has 4 nitrogen and oxygen atoms in total. The van der Waals surface area contributed by atoms with E-state index in [2.05, 4.69) is 38.4 Å². The molecule has 2 aromatic carbocycles. The molecular formula is C18H18Br2O4. The van der Waals surface area contributed by atoms with Crippen molar-refractivity contribution in [1.82, 2.24) is 0 Å². The van der Waals surface area contributed by atoms with Gasteiger partial charge in [-0.1, -0.05) is 51.9 Å². The van der Waals surface area contributed by atoms with Crippen LogP contribution in [0.2, 0.25) is 0 Å². The summed E-state index contributed by atoms with van der Waals surface area (Å²) in [5.74, 6) is 0.774. The molecule has 0 saturated carbocycles. The second kappa shape index (κ2) is 11.6. The third-order valence-electron chi connectivity index (χ3n) is 2.57. The third kappa shape index (κ3) is 7.10. The van der Waals surface area contributed by atoms with Crippen LogP contribution in [0.4, 0.5) is 0 Å². The number of phenolic OH excluding ortho intramolecular Hbond substituents is 1. The maximum absolute atomic E-state index is 10.5. The highest BCUT2D eigenvalue weighted by Gasteiger charge is 2.00. The zero-order valence-corrected chi connectivity index (χ0v) is 15.2. The highest BCUT2D eigenvalue weighted by Crippen LogP contribution is 2.21. The summed E-state index contributed by atoms with van der Waals surface area (Å²) in [6, 6.07) is 9.79. The highest BCUT2D eigenvalue weighted by molar-refractivity contribution is 9.10. The Balaban J connectivity index is 0.000000436. The normalized spacial score (nSPS) is 8.92. The van der Waals surface area contributed by atoms with E-state index in [0.717, 1.165) is 10.8 Å². The lowest BCUT2D eigenvalue weighted by Gasteiger charge is -2.04. The Bertz CT molecular complexity index is 699. The molecule has 2 aromatic rings. The molecule has 0 aliphatic carbocycles. The van der Waals surface area contributed by atoms with Crippen molar-refractivity contribution in [3.63, 3.8) is 0 Å². The quantitative estimate of drug-likeness (QED) is 0.480. The van der Waals surface area contributed by atoms with Gasteiger partial charge in [-0.2, -0.15) is 0 Å². The fraction of sp³-hybridized carbons (Fsp3) is 0.111. The maximum Gasteiger partial charge on any atom is 0.151 e. The molecule has 24 heavy (non-hydrogen) atoms. The summed E-state index contributed by atoms with van der Waals surface area (Å²) < 4.78 is 6.72. The van der Waals surface area contributed by atoms with Crippen molar-refractivity contribution < 1.29 is 19.4 Å². The van der Waals surface area contributed by atoms with Crippen LogP contribution in [0.15, 0.2) is 58.0 Å². The lowest BCUT2D eigenvalue weighted by atomic mass is 10.2. The summed E-state index contributed by atoms with van der Waals surface area (Å²) in [5, 5.41) is 8.89. The van der Waals surface area contributed by atoms with E-state index in [1.165, 1.54) is 12.1 Å². The van der Waals surface area contributed by atoms with Crippen LogP contribution >= 0.6 is 31.9 Å². The van der Waals surface area contributed by atoms with E-state index in [4.69, 9.17) is 9.84 Å². The minimum absolute atomic E-state index is 0. The number of carbonyl (C=O) groups excluding carboxylic acids is 2. The molecule has 2 rings (SSSR count). The summed E-state index contributed by atoms with van der Waals surface area (Å²) in [4.78, 5) is 20.8.